The number of benzene rings is 3. The molecule has 0 spiro atoms. The molecule has 3 aromatic carbocycles. The fourth-order valence-electron chi connectivity index (χ4n) is 3.99. The van der Waals surface area contributed by atoms with Crippen LogP contribution in [0.5, 0.6) is 17.2 Å². The van der Waals surface area contributed by atoms with Crippen LogP contribution in [0, 0.1) is 13.8 Å². The number of allylic oxidation sites excluding steroid dienone is 1. The monoisotopic (exact) mass is 454 g/mol. The van der Waals surface area contributed by atoms with Gasteiger partial charge in [0.1, 0.15) is 34.2 Å². The summed E-state index contributed by atoms with van der Waals surface area (Å²) in [4.78, 5) is 25.8. The summed E-state index contributed by atoms with van der Waals surface area (Å²) in [5, 5.41) is 0.615. The van der Waals surface area contributed by atoms with E-state index >= 15 is 0 Å². The minimum atomic E-state index is -0.565. The van der Waals surface area contributed by atoms with Crippen LogP contribution in [0.3, 0.4) is 0 Å². The summed E-state index contributed by atoms with van der Waals surface area (Å²) in [6.45, 7) is 6.08. The Hall–Kier alpha value is -4.32. The molecule has 6 heteroatoms. The highest BCUT2D eigenvalue weighted by atomic mass is 16.5. The van der Waals surface area contributed by atoms with Crippen molar-refractivity contribution in [3.8, 4) is 17.2 Å². The first kappa shape index (κ1) is 21.5. The van der Waals surface area contributed by atoms with E-state index in [0.717, 1.165) is 11.1 Å². The summed E-state index contributed by atoms with van der Waals surface area (Å²) >= 11 is 0. The average Bonchev–Trinajstić information content (AvgIpc) is 3.30. The van der Waals surface area contributed by atoms with Crippen molar-refractivity contribution in [2.75, 3.05) is 6.61 Å². The van der Waals surface area contributed by atoms with Crippen LogP contribution in [0.4, 0.5) is 0 Å². The van der Waals surface area contributed by atoms with Crippen LogP contribution in [0.15, 0.2) is 70.8 Å². The smallest absolute Gasteiger partial charge is 0.347 e. The highest BCUT2D eigenvalue weighted by molar-refractivity contribution is 6.14. The van der Waals surface area contributed by atoms with E-state index in [4.69, 9.17) is 18.6 Å². The van der Waals surface area contributed by atoms with E-state index in [-0.39, 0.29) is 17.3 Å². The molecule has 34 heavy (non-hydrogen) atoms. The highest BCUT2D eigenvalue weighted by Crippen LogP contribution is 2.36. The van der Waals surface area contributed by atoms with E-state index in [1.807, 2.05) is 38.1 Å². The Morgan fingerprint density at radius 1 is 1.00 bits per heavy atom. The average molecular weight is 454 g/mol. The first-order valence-electron chi connectivity index (χ1n) is 11.0. The molecule has 0 saturated carbocycles. The second kappa shape index (κ2) is 8.56. The zero-order chi connectivity index (χ0) is 23.8. The van der Waals surface area contributed by atoms with Gasteiger partial charge >= 0.3 is 5.97 Å². The van der Waals surface area contributed by atoms with Crippen LogP contribution in [-0.4, -0.2) is 18.4 Å². The van der Waals surface area contributed by atoms with Gasteiger partial charge in [-0.25, -0.2) is 4.79 Å². The van der Waals surface area contributed by atoms with Crippen molar-refractivity contribution in [3.05, 3.63) is 94.4 Å². The number of carbonyl (C=O) groups is 2. The van der Waals surface area contributed by atoms with Gasteiger partial charge in [0.25, 0.3) is 0 Å². The molecule has 0 radical (unpaired) electrons. The van der Waals surface area contributed by atoms with Crippen molar-refractivity contribution < 1.29 is 28.2 Å². The number of carbonyl (C=O) groups excluding carboxylic acids is 2. The van der Waals surface area contributed by atoms with Crippen molar-refractivity contribution in [1.82, 2.24) is 0 Å². The number of aryl methyl sites for hydroxylation is 2. The second-order valence-corrected chi connectivity index (χ2v) is 7.97. The largest absolute Gasteiger partial charge is 0.494 e. The number of fused-ring (bicyclic) bond motifs is 2. The number of esters is 1. The number of ether oxygens (including phenoxy) is 3. The summed E-state index contributed by atoms with van der Waals surface area (Å²) in [5.41, 5.74) is 3.26. The van der Waals surface area contributed by atoms with E-state index in [9.17, 15) is 9.59 Å². The summed E-state index contributed by atoms with van der Waals surface area (Å²) in [6, 6.07) is 17.8. The summed E-state index contributed by atoms with van der Waals surface area (Å²) in [7, 11) is 0. The van der Waals surface area contributed by atoms with Gasteiger partial charge in [0, 0.05) is 11.5 Å². The van der Waals surface area contributed by atoms with E-state index < -0.39 is 5.97 Å². The molecule has 2 heterocycles. The van der Waals surface area contributed by atoms with Crippen molar-refractivity contribution >= 4 is 28.8 Å². The molecule has 0 fully saturated rings. The van der Waals surface area contributed by atoms with Crippen molar-refractivity contribution in [3.63, 3.8) is 0 Å². The first-order chi connectivity index (χ1) is 16.4. The maximum atomic E-state index is 13.0. The number of rotatable bonds is 5. The Balaban J connectivity index is 1.41. The number of ketones is 1. The van der Waals surface area contributed by atoms with Gasteiger partial charge in [0.2, 0.25) is 5.78 Å². The Morgan fingerprint density at radius 3 is 2.59 bits per heavy atom. The Kier molecular flexibility index (Phi) is 5.42. The molecular weight excluding hydrogens is 432 g/mol. The molecule has 0 amide bonds. The third kappa shape index (κ3) is 3.83. The molecule has 0 atom stereocenters. The first-order valence-corrected chi connectivity index (χ1v) is 11.0. The summed E-state index contributed by atoms with van der Waals surface area (Å²) in [5.74, 6) is 1.16. The Bertz CT molecular complexity index is 1470. The molecule has 170 valence electrons. The van der Waals surface area contributed by atoms with Gasteiger partial charge in [-0.05, 0) is 68.3 Å². The lowest BCUT2D eigenvalue weighted by Gasteiger charge is -2.06. The maximum Gasteiger partial charge on any atom is 0.347 e. The molecule has 1 aromatic heterocycles. The molecule has 0 bridgehead atoms. The van der Waals surface area contributed by atoms with Crippen LogP contribution >= 0.6 is 0 Å². The van der Waals surface area contributed by atoms with Gasteiger partial charge in [-0.1, -0.05) is 24.3 Å². The number of furan rings is 1. The summed E-state index contributed by atoms with van der Waals surface area (Å²) < 4.78 is 22.7. The third-order valence-electron chi connectivity index (χ3n) is 5.68. The molecule has 5 rings (SSSR count). The predicted molar refractivity (Wildman–Crippen MR) is 128 cm³/mol. The highest BCUT2D eigenvalue weighted by Gasteiger charge is 2.29. The van der Waals surface area contributed by atoms with Gasteiger partial charge in [-0.3, -0.25) is 4.79 Å². The lowest BCUT2D eigenvalue weighted by Crippen LogP contribution is -2.09. The van der Waals surface area contributed by atoms with Gasteiger partial charge in [0.05, 0.1) is 12.2 Å². The van der Waals surface area contributed by atoms with E-state index in [1.165, 1.54) is 0 Å². The topological polar surface area (TPSA) is 75.0 Å². The minimum Gasteiger partial charge on any atom is -0.494 e. The number of Topliss-reactive ketones (excluding diaryl/α,β-unsaturated/α-hetero) is 1. The molecule has 0 N–H and O–H groups in total. The number of hydrogen-bond donors (Lipinski definition) is 0. The quantitative estimate of drug-likeness (QED) is 0.201. The van der Waals surface area contributed by atoms with Gasteiger partial charge < -0.3 is 18.6 Å². The molecule has 0 unspecified atom stereocenters. The van der Waals surface area contributed by atoms with Crippen molar-refractivity contribution in [2.24, 2.45) is 0 Å². The molecule has 0 aliphatic carbocycles. The van der Waals surface area contributed by atoms with Crippen LogP contribution in [-0.2, 0) is 0 Å². The zero-order valence-electron chi connectivity index (χ0n) is 19.0. The van der Waals surface area contributed by atoms with Crippen molar-refractivity contribution in [2.45, 2.75) is 20.8 Å². The number of hydrogen-bond acceptors (Lipinski definition) is 6. The van der Waals surface area contributed by atoms with Crippen molar-refractivity contribution in [1.29, 1.82) is 0 Å². The van der Waals surface area contributed by atoms with Gasteiger partial charge in [-0.2, -0.15) is 0 Å². The molecule has 1 aliphatic rings. The lowest BCUT2D eigenvalue weighted by molar-refractivity contribution is 0.0734. The van der Waals surface area contributed by atoms with Crippen LogP contribution in [0.2, 0.25) is 0 Å². The molecular formula is C28H22O6. The fraction of sp³-hybridized carbons (Fsp3) is 0.143. The van der Waals surface area contributed by atoms with Crippen LogP contribution in [0.1, 0.15) is 44.5 Å². The zero-order valence-corrected chi connectivity index (χ0v) is 19.0. The minimum absolute atomic E-state index is 0.212. The Labute approximate surface area is 196 Å². The van der Waals surface area contributed by atoms with E-state index in [0.29, 0.717) is 46.0 Å². The third-order valence-corrected chi connectivity index (χ3v) is 5.68. The molecule has 6 nitrogen and oxygen atoms in total. The standard InChI is InChI=1S/C28H22O6/c1-4-31-19-10-12-23-22(14-19)26(17(3)32-23)28(30)33-20-9-11-21-24(15-20)34-25(27(21)29)13-18-8-6-5-7-16(18)2/h5-15H,4H2,1-3H3. The molecule has 1 aliphatic heterocycles. The van der Waals surface area contributed by atoms with Crippen LogP contribution in [0.25, 0.3) is 17.0 Å². The normalized spacial score (nSPS) is 13.7. The van der Waals surface area contributed by atoms with E-state index in [2.05, 4.69) is 0 Å². The fourth-order valence-corrected chi connectivity index (χ4v) is 3.99. The molecule has 0 saturated heterocycles. The van der Waals surface area contributed by atoms with E-state index in [1.54, 1.807) is 49.4 Å². The summed E-state index contributed by atoms with van der Waals surface area (Å²) in [6.07, 6.45) is 1.72. The predicted octanol–water partition coefficient (Wildman–Crippen LogP) is 6.28. The second-order valence-electron chi connectivity index (χ2n) is 7.97. The molecule has 4 aromatic rings. The van der Waals surface area contributed by atoms with Crippen LogP contribution < -0.4 is 14.2 Å². The van der Waals surface area contributed by atoms with Gasteiger partial charge in [-0.15, -0.1) is 0 Å². The lowest BCUT2D eigenvalue weighted by atomic mass is 10.1. The Morgan fingerprint density at radius 2 is 1.79 bits per heavy atom. The van der Waals surface area contributed by atoms with Gasteiger partial charge in [0.15, 0.2) is 5.76 Å². The SMILES string of the molecule is CCOc1ccc2oc(C)c(C(=O)Oc3ccc4c(c3)OC(=Cc3ccccc3C)C4=O)c2c1. The maximum absolute atomic E-state index is 13.0.